The summed E-state index contributed by atoms with van der Waals surface area (Å²) in [5.74, 6) is 1.92. The number of hydrogen-bond acceptors (Lipinski definition) is 2. The molecule has 1 spiro atoms. The second kappa shape index (κ2) is 4.01. The Morgan fingerprint density at radius 3 is 2.76 bits per heavy atom. The van der Waals surface area contributed by atoms with Gasteiger partial charge in [-0.05, 0) is 37.2 Å². The number of carbonyl (C=O) groups is 1. The van der Waals surface area contributed by atoms with E-state index in [1.807, 2.05) is 0 Å². The number of carbonyl (C=O) groups excluding carboxylic acids is 1. The van der Waals surface area contributed by atoms with Crippen LogP contribution >= 0.6 is 0 Å². The second-order valence-electron chi connectivity index (χ2n) is 5.73. The molecule has 2 atom stereocenters. The van der Waals surface area contributed by atoms with E-state index in [0.717, 1.165) is 5.76 Å². The van der Waals surface area contributed by atoms with Crippen LogP contribution in [0.5, 0.6) is 0 Å². The largest absolute Gasteiger partial charge is 0.431 e. The Balaban J connectivity index is 1.95. The zero-order valence-electron chi connectivity index (χ0n) is 10.4. The van der Waals surface area contributed by atoms with E-state index in [2.05, 4.69) is 18.2 Å². The van der Waals surface area contributed by atoms with Crippen molar-refractivity contribution in [1.82, 2.24) is 0 Å². The van der Waals surface area contributed by atoms with Gasteiger partial charge in [0.2, 0.25) is 0 Å². The third-order valence-electron chi connectivity index (χ3n) is 4.68. The molecular formula is C15H20O2. The van der Waals surface area contributed by atoms with Crippen LogP contribution in [-0.2, 0) is 9.53 Å². The summed E-state index contributed by atoms with van der Waals surface area (Å²) in [7, 11) is 0. The van der Waals surface area contributed by atoms with Crippen LogP contribution in [0.15, 0.2) is 24.0 Å². The normalized spacial score (nSPS) is 33.6. The third kappa shape index (κ3) is 1.74. The van der Waals surface area contributed by atoms with Gasteiger partial charge in [-0.15, -0.1) is 0 Å². The van der Waals surface area contributed by atoms with Crippen molar-refractivity contribution in [2.45, 2.75) is 45.4 Å². The minimum atomic E-state index is -0.164. The molecule has 0 heterocycles. The number of rotatable bonds is 1. The molecule has 0 radical (unpaired) electrons. The maximum Gasteiger partial charge on any atom is 0.307 e. The van der Waals surface area contributed by atoms with Gasteiger partial charge in [-0.3, -0.25) is 4.79 Å². The number of esters is 1. The van der Waals surface area contributed by atoms with Crippen LogP contribution in [0.2, 0.25) is 0 Å². The topological polar surface area (TPSA) is 26.3 Å². The summed E-state index contributed by atoms with van der Waals surface area (Å²) in [6, 6.07) is 0. The van der Waals surface area contributed by atoms with Crippen LogP contribution < -0.4 is 0 Å². The van der Waals surface area contributed by atoms with Gasteiger partial charge in [-0.25, -0.2) is 0 Å². The summed E-state index contributed by atoms with van der Waals surface area (Å²) in [6.45, 7) is 1.52. The minimum Gasteiger partial charge on any atom is -0.431 e. The molecule has 0 aromatic rings. The van der Waals surface area contributed by atoms with Crippen LogP contribution in [-0.4, -0.2) is 5.97 Å². The van der Waals surface area contributed by atoms with Crippen molar-refractivity contribution in [1.29, 1.82) is 0 Å². The highest BCUT2D eigenvalue weighted by atomic mass is 16.5. The SMILES string of the molecule is CC(=O)OC1=C[C@@H]2C=C[C@@H](C2)C12CCCCC2. The van der Waals surface area contributed by atoms with E-state index in [9.17, 15) is 4.79 Å². The molecule has 0 unspecified atom stereocenters. The lowest BCUT2D eigenvalue weighted by molar-refractivity contribution is -0.140. The van der Waals surface area contributed by atoms with Crippen molar-refractivity contribution in [3.8, 4) is 0 Å². The second-order valence-corrected chi connectivity index (χ2v) is 5.73. The van der Waals surface area contributed by atoms with E-state index in [4.69, 9.17) is 4.74 Å². The van der Waals surface area contributed by atoms with Crippen molar-refractivity contribution in [2.75, 3.05) is 0 Å². The van der Waals surface area contributed by atoms with Crippen LogP contribution in [0.1, 0.15) is 45.4 Å². The Kier molecular flexibility index (Phi) is 2.61. The maximum atomic E-state index is 11.3. The molecule has 2 bridgehead atoms. The van der Waals surface area contributed by atoms with Crippen LogP contribution in [0.3, 0.4) is 0 Å². The molecule has 0 aromatic heterocycles. The van der Waals surface area contributed by atoms with Crippen molar-refractivity contribution in [2.24, 2.45) is 17.3 Å². The van der Waals surface area contributed by atoms with Crippen LogP contribution in [0, 0.1) is 17.3 Å². The lowest BCUT2D eigenvalue weighted by atomic mass is 9.61. The Bertz CT molecular complexity index is 386. The van der Waals surface area contributed by atoms with Gasteiger partial charge in [0.1, 0.15) is 5.76 Å². The summed E-state index contributed by atoms with van der Waals surface area (Å²) in [6.07, 6.45) is 14.3. The van der Waals surface area contributed by atoms with E-state index < -0.39 is 0 Å². The number of ether oxygens (including phenoxy) is 1. The molecule has 0 aromatic carbocycles. The first-order valence-corrected chi connectivity index (χ1v) is 6.80. The summed E-state index contributed by atoms with van der Waals surface area (Å²) in [4.78, 5) is 11.3. The summed E-state index contributed by atoms with van der Waals surface area (Å²) < 4.78 is 5.55. The molecule has 3 aliphatic rings. The zero-order chi connectivity index (χ0) is 11.9. The molecule has 17 heavy (non-hydrogen) atoms. The van der Waals surface area contributed by atoms with Gasteiger partial charge in [0.15, 0.2) is 0 Å². The van der Waals surface area contributed by atoms with E-state index >= 15 is 0 Å². The lowest BCUT2D eigenvalue weighted by Gasteiger charge is -2.44. The fourth-order valence-corrected chi connectivity index (χ4v) is 3.89. The highest BCUT2D eigenvalue weighted by molar-refractivity contribution is 5.67. The molecule has 3 aliphatic carbocycles. The molecule has 0 aliphatic heterocycles. The molecule has 92 valence electrons. The smallest absolute Gasteiger partial charge is 0.307 e. The first kappa shape index (κ1) is 11.1. The first-order valence-electron chi connectivity index (χ1n) is 6.80. The summed E-state index contributed by atoms with van der Waals surface area (Å²) in [5, 5.41) is 0. The predicted octanol–water partition coefficient (Wildman–Crippen LogP) is 3.59. The van der Waals surface area contributed by atoms with Gasteiger partial charge in [-0.2, -0.15) is 0 Å². The Labute approximate surface area is 103 Å². The Hall–Kier alpha value is -1.05. The molecular weight excluding hydrogens is 212 g/mol. The average Bonchev–Trinajstić information content (AvgIpc) is 2.73. The Morgan fingerprint density at radius 1 is 1.29 bits per heavy atom. The Morgan fingerprint density at radius 2 is 2.06 bits per heavy atom. The van der Waals surface area contributed by atoms with Crippen LogP contribution in [0.25, 0.3) is 0 Å². The molecule has 1 saturated carbocycles. The van der Waals surface area contributed by atoms with Gasteiger partial charge < -0.3 is 4.74 Å². The molecule has 0 N–H and O–H groups in total. The zero-order valence-corrected chi connectivity index (χ0v) is 10.4. The molecule has 2 heteroatoms. The van der Waals surface area contributed by atoms with E-state index in [1.54, 1.807) is 0 Å². The van der Waals surface area contributed by atoms with Gasteiger partial charge in [0, 0.05) is 12.3 Å². The molecule has 3 rings (SSSR count). The quantitative estimate of drug-likeness (QED) is 0.510. The fraction of sp³-hybridized carbons (Fsp3) is 0.667. The average molecular weight is 232 g/mol. The van der Waals surface area contributed by atoms with Crippen molar-refractivity contribution in [3.63, 3.8) is 0 Å². The number of hydrogen-bond donors (Lipinski definition) is 0. The third-order valence-corrected chi connectivity index (χ3v) is 4.68. The molecule has 0 amide bonds. The monoisotopic (exact) mass is 232 g/mol. The number of fused-ring (bicyclic) bond motifs is 3. The fourth-order valence-electron chi connectivity index (χ4n) is 3.89. The van der Waals surface area contributed by atoms with Gasteiger partial charge in [-0.1, -0.05) is 31.4 Å². The summed E-state index contributed by atoms with van der Waals surface area (Å²) >= 11 is 0. The highest BCUT2D eigenvalue weighted by Crippen LogP contribution is 2.56. The number of allylic oxidation sites excluding steroid dienone is 4. The lowest BCUT2D eigenvalue weighted by Crippen LogP contribution is -2.37. The van der Waals surface area contributed by atoms with E-state index in [1.165, 1.54) is 45.4 Å². The van der Waals surface area contributed by atoms with E-state index in [-0.39, 0.29) is 11.4 Å². The minimum absolute atomic E-state index is 0.146. The van der Waals surface area contributed by atoms with Crippen molar-refractivity contribution >= 4 is 5.97 Å². The first-order chi connectivity index (χ1) is 8.21. The van der Waals surface area contributed by atoms with Gasteiger partial charge in [0.05, 0.1) is 0 Å². The predicted molar refractivity (Wildman–Crippen MR) is 66.1 cm³/mol. The van der Waals surface area contributed by atoms with Crippen LogP contribution in [0.4, 0.5) is 0 Å². The van der Waals surface area contributed by atoms with E-state index in [0.29, 0.717) is 11.8 Å². The molecule has 0 saturated heterocycles. The van der Waals surface area contributed by atoms with Crippen molar-refractivity contribution < 1.29 is 9.53 Å². The van der Waals surface area contributed by atoms with Crippen molar-refractivity contribution in [3.05, 3.63) is 24.0 Å². The molecule has 1 fully saturated rings. The maximum absolute atomic E-state index is 11.3. The van der Waals surface area contributed by atoms with Gasteiger partial charge >= 0.3 is 5.97 Å². The summed E-state index contributed by atoms with van der Waals surface area (Å²) in [5.41, 5.74) is 0.146. The molecule has 2 nitrogen and oxygen atoms in total. The standard InChI is InChI=1S/C15H20O2/c1-11(16)17-14-10-12-5-6-13(9-12)15(14)7-3-2-4-8-15/h5-6,10,12-13H,2-4,7-9H2,1H3/t12-,13+/m1/s1. The van der Waals surface area contributed by atoms with Gasteiger partial charge in [0.25, 0.3) is 0 Å². The highest BCUT2D eigenvalue weighted by Gasteiger charge is 2.48.